The Labute approximate surface area is 195 Å². The molecule has 1 aliphatic rings. The van der Waals surface area contributed by atoms with Gasteiger partial charge in [0.05, 0.1) is 5.69 Å². The SMILES string of the molecule is Cc1cccc(C)c1NC(=O)C(c1ccccn1)N(C(=O)c1ccccc1)C1CCCCC1. The molecular formula is C28H31N3O2. The van der Waals surface area contributed by atoms with Gasteiger partial charge >= 0.3 is 0 Å². The lowest BCUT2D eigenvalue weighted by atomic mass is 9.91. The summed E-state index contributed by atoms with van der Waals surface area (Å²) in [5.74, 6) is -0.365. The second-order valence-corrected chi connectivity index (χ2v) is 8.78. The number of para-hydroxylation sites is 1. The van der Waals surface area contributed by atoms with E-state index in [4.69, 9.17) is 0 Å². The van der Waals surface area contributed by atoms with Gasteiger partial charge in [0.2, 0.25) is 0 Å². The summed E-state index contributed by atoms with van der Waals surface area (Å²) in [4.78, 5) is 34.1. The number of aryl methyl sites for hydroxylation is 2. The van der Waals surface area contributed by atoms with Crippen LogP contribution >= 0.6 is 0 Å². The molecule has 0 aliphatic heterocycles. The van der Waals surface area contributed by atoms with E-state index < -0.39 is 6.04 Å². The Balaban J connectivity index is 1.78. The number of rotatable bonds is 6. The van der Waals surface area contributed by atoms with Crippen molar-refractivity contribution in [2.24, 2.45) is 0 Å². The average molecular weight is 442 g/mol. The van der Waals surface area contributed by atoms with Crippen molar-refractivity contribution in [2.75, 3.05) is 5.32 Å². The van der Waals surface area contributed by atoms with Crippen LogP contribution in [-0.4, -0.2) is 27.7 Å². The van der Waals surface area contributed by atoms with E-state index in [0.717, 1.165) is 48.9 Å². The lowest BCUT2D eigenvalue weighted by Gasteiger charge is -2.39. The van der Waals surface area contributed by atoms with Crippen molar-refractivity contribution in [1.29, 1.82) is 0 Å². The molecule has 3 aromatic rings. The maximum absolute atomic E-state index is 13.9. The summed E-state index contributed by atoms with van der Waals surface area (Å²) in [6.07, 6.45) is 6.72. The Morgan fingerprint density at radius 1 is 0.879 bits per heavy atom. The number of amides is 2. The first kappa shape index (κ1) is 22.7. The van der Waals surface area contributed by atoms with Gasteiger partial charge in [0.15, 0.2) is 6.04 Å². The van der Waals surface area contributed by atoms with Gasteiger partial charge < -0.3 is 10.2 Å². The lowest BCUT2D eigenvalue weighted by Crippen LogP contribution is -2.48. The van der Waals surface area contributed by atoms with Gasteiger partial charge in [0, 0.05) is 23.5 Å². The van der Waals surface area contributed by atoms with Crippen molar-refractivity contribution < 1.29 is 9.59 Å². The summed E-state index contributed by atoms with van der Waals surface area (Å²) in [5.41, 5.74) is 3.93. The number of nitrogens with one attached hydrogen (secondary N) is 1. The second-order valence-electron chi connectivity index (χ2n) is 8.78. The van der Waals surface area contributed by atoms with Crippen LogP contribution in [0, 0.1) is 13.8 Å². The minimum absolute atomic E-state index is 0.0119. The van der Waals surface area contributed by atoms with Gasteiger partial charge in [0.25, 0.3) is 11.8 Å². The summed E-state index contributed by atoms with van der Waals surface area (Å²) >= 11 is 0. The van der Waals surface area contributed by atoms with E-state index in [9.17, 15) is 9.59 Å². The Morgan fingerprint density at radius 3 is 2.18 bits per heavy atom. The maximum Gasteiger partial charge on any atom is 0.255 e. The van der Waals surface area contributed by atoms with Crippen LogP contribution in [0.1, 0.15) is 65.3 Å². The van der Waals surface area contributed by atoms with Crippen molar-refractivity contribution in [1.82, 2.24) is 9.88 Å². The van der Waals surface area contributed by atoms with Gasteiger partial charge in [0.1, 0.15) is 0 Å². The molecule has 2 aromatic carbocycles. The number of pyridine rings is 1. The monoisotopic (exact) mass is 441 g/mol. The van der Waals surface area contributed by atoms with Crippen LogP contribution in [0.25, 0.3) is 0 Å². The molecule has 0 spiro atoms. The van der Waals surface area contributed by atoms with Gasteiger partial charge in [-0.2, -0.15) is 0 Å². The summed E-state index contributed by atoms with van der Waals surface area (Å²) < 4.78 is 0. The molecule has 1 heterocycles. The fourth-order valence-electron chi connectivity index (χ4n) is 4.73. The molecule has 33 heavy (non-hydrogen) atoms. The smallest absolute Gasteiger partial charge is 0.255 e. The molecule has 0 saturated heterocycles. The summed E-state index contributed by atoms with van der Waals surface area (Å²) in [5, 5.41) is 3.13. The van der Waals surface area contributed by atoms with Crippen molar-refractivity contribution in [3.8, 4) is 0 Å². The standard InChI is InChI=1S/C28H31N3O2/c1-20-12-11-13-21(2)25(20)30-27(32)26(24-18-9-10-19-29-24)31(23-16-7-4-8-17-23)28(33)22-14-5-3-6-15-22/h3,5-6,9-15,18-19,23,26H,4,7-8,16-17H2,1-2H3,(H,30,32). The zero-order chi connectivity index (χ0) is 23.2. The molecular weight excluding hydrogens is 410 g/mol. The Hall–Kier alpha value is -3.47. The van der Waals surface area contributed by atoms with Crippen LogP contribution in [0.4, 0.5) is 5.69 Å². The minimum Gasteiger partial charge on any atom is -0.323 e. The first-order valence-electron chi connectivity index (χ1n) is 11.7. The molecule has 1 aliphatic carbocycles. The van der Waals surface area contributed by atoms with Crippen LogP contribution in [0.15, 0.2) is 72.9 Å². The minimum atomic E-state index is -0.819. The van der Waals surface area contributed by atoms with Crippen LogP contribution in [0.3, 0.4) is 0 Å². The summed E-state index contributed by atoms with van der Waals surface area (Å²) in [6, 6.07) is 19.9. The number of hydrogen-bond donors (Lipinski definition) is 1. The molecule has 1 N–H and O–H groups in total. The van der Waals surface area contributed by atoms with Crippen LogP contribution in [-0.2, 0) is 4.79 Å². The van der Waals surface area contributed by atoms with Gasteiger partial charge in [-0.15, -0.1) is 0 Å². The molecule has 0 radical (unpaired) electrons. The average Bonchev–Trinajstić information content (AvgIpc) is 2.86. The highest BCUT2D eigenvalue weighted by molar-refractivity contribution is 6.02. The van der Waals surface area contributed by atoms with Crippen molar-refractivity contribution >= 4 is 17.5 Å². The number of benzene rings is 2. The molecule has 1 unspecified atom stereocenters. The molecule has 1 saturated carbocycles. The highest BCUT2D eigenvalue weighted by Crippen LogP contribution is 2.33. The van der Waals surface area contributed by atoms with Gasteiger partial charge in [-0.25, -0.2) is 0 Å². The van der Waals surface area contributed by atoms with E-state index in [-0.39, 0.29) is 17.9 Å². The first-order chi connectivity index (χ1) is 16.1. The number of carbonyl (C=O) groups excluding carboxylic acids is 2. The van der Waals surface area contributed by atoms with E-state index in [1.807, 2.05) is 80.6 Å². The summed E-state index contributed by atoms with van der Waals surface area (Å²) in [7, 11) is 0. The van der Waals surface area contributed by atoms with E-state index in [1.54, 1.807) is 11.1 Å². The number of anilines is 1. The summed E-state index contributed by atoms with van der Waals surface area (Å²) in [6.45, 7) is 3.96. The number of nitrogens with zero attached hydrogens (tertiary/aromatic N) is 2. The van der Waals surface area contributed by atoms with Crippen molar-refractivity contribution in [3.05, 3.63) is 95.3 Å². The zero-order valence-corrected chi connectivity index (χ0v) is 19.3. The molecule has 5 heteroatoms. The normalized spacial score (nSPS) is 15.0. The third-order valence-corrected chi connectivity index (χ3v) is 6.45. The van der Waals surface area contributed by atoms with Crippen LogP contribution in [0.5, 0.6) is 0 Å². The molecule has 1 fully saturated rings. The van der Waals surface area contributed by atoms with E-state index in [1.165, 1.54) is 0 Å². The van der Waals surface area contributed by atoms with Crippen molar-refractivity contribution in [3.63, 3.8) is 0 Å². The Kier molecular flexibility index (Phi) is 7.18. The second kappa shape index (κ2) is 10.4. The topological polar surface area (TPSA) is 62.3 Å². The van der Waals surface area contributed by atoms with Crippen LogP contribution < -0.4 is 5.32 Å². The van der Waals surface area contributed by atoms with Crippen molar-refractivity contribution in [2.45, 2.75) is 58.0 Å². The first-order valence-corrected chi connectivity index (χ1v) is 11.7. The third-order valence-electron chi connectivity index (χ3n) is 6.45. The van der Waals surface area contributed by atoms with E-state index >= 15 is 0 Å². The predicted molar refractivity (Wildman–Crippen MR) is 131 cm³/mol. The molecule has 2 amide bonds. The van der Waals surface area contributed by atoms with E-state index in [2.05, 4.69) is 10.3 Å². The third kappa shape index (κ3) is 5.14. The Morgan fingerprint density at radius 2 is 1.55 bits per heavy atom. The number of carbonyl (C=O) groups is 2. The predicted octanol–water partition coefficient (Wildman–Crippen LogP) is 5.85. The Bertz CT molecular complexity index is 1070. The molecule has 0 bridgehead atoms. The molecule has 1 aromatic heterocycles. The van der Waals surface area contributed by atoms with Gasteiger partial charge in [-0.1, -0.05) is 61.7 Å². The number of hydrogen-bond acceptors (Lipinski definition) is 3. The quantitative estimate of drug-likeness (QED) is 0.522. The van der Waals surface area contributed by atoms with Crippen LogP contribution in [0.2, 0.25) is 0 Å². The van der Waals surface area contributed by atoms with E-state index in [0.29, 0.717) is 11.3 Å². The maximum atomic E-state index is 13.9. The molecule has 1 atom stereocenters. The molecule has 5 nitrogen and oxygen atoms in total. The van der Waals surface area contributed by atoms with Gasteiger partial charge in [-0.05, 0) is 62.1 Å². The molecule has 170 valence electrons. The highest BCUT2D eigenvalue weighted by Gasteiger charge is 2.38. The zero-order valence-electron chi connectivity index (χ0n) is 19.3. The fourth-order valence-corrected chi connectivity index (χ4v) is 4.73. The lowest BCUT2D eigenvalue weighted by molar-refractivity contribution is -0.121. The molecule has 4 rings (SSSR count). The largest absolute Gasteiger partial charge is 0.323 e. The fraction of sp³-hybridized carbons (Fsp3) is 0.321. The number of aromatic nitrogens is 1. The van der Waals surface area contributed by atoms with Gasteiger partial charge in [-0.3, -0.25) is 14.6 Å². The highest BCUT2D eigenvalue weighted by atomic mass is 16.2.